The molecule has 0 aromatic heterocycles. The smallest absolute Gasteiger partial charge is 0.410 e. The molecule has 0 spiro atoms. The van der Waals surface area contributed by atoms with E-state index in [1.165, 1.54) is 0 Å². The quantitative estimate of drug-likeness (QED) is 0.484. The van der Waals surface area contributed by atoms with Crippen molar-refractivity contribution in [2.45, 2.75) is 97.1 Å². The van der Waals surface area contributed by atoms with Gasteiger partial charge < -0.3 is 35.1 Å². The number of nitrogens with zero attached hydrogens (tertiary/aromatic N) is 1. The summed E-state index contributed by atoms with van der Waals surface area (Å²) >= 11 is 0. The van der Waals surface area contributed by atoms with Crippen molar-refractivity contribution in [2.24, 2.45) is 0 Å². The zero-order chi connectivity index (χ0) is 28.2. The van der Waals surface area contributed by atoms with Gasteiger partial charge >= 0.3 is 18.3 Å². The molecule has 1 aromatic carbocycles. The molecule has 3 N–H and O–H groups in total. The van der Waals surface area contributed by atoms with Crippen LogP contribution >= 0.6 is 0 Å². The lowest BCUT2D eigenvalue weighted by Crippen LogP contribution is -2.50. The Morgan fingerprint density at radius 2 is 1.47 bits per heavy atom. The highest BCUT2D eigenvalue weighted by atomic mass is 16.6. The third-order valence-corrected chi connectivity index (χ3v) is 5.62. The fraction of sp³-hybridized carbons (Fsp3) is 0.679. The number of alkyl carbamates (subject to hydrolysis) is 2. The van der Waals surface area contributed by atoms with Crippen molar-refractivity contribution < 1.29 is 28.6 Å². The molecule has 0 radical (unpaired) electrons. The first kappa shape index (κ1) is 31.2. The first-order valence-electron chi connectivity index (χ1n) is 13.5. The molecule has 2 heterocycles. The van der Waals surface area contributed by atoms with E-state index < -0.39 is 17.3 Å². The third-order valence-electron chi connectivity index (χ3n) is 5.62. The molecule has 10 nitrogen and oxygen atoms in total. The van der Waals surface area contributed by atoms with Gasteiger partial charge in [-0.25, -0.2) is 14.4 Å². The first-order valence-corrected chi connectivity index (χ1v) is 13.5. The Kier molecular flexibility index (Phi) is 12.2. The molecule has 2 aliphatic heterocycles. The summed E-state index contributed by atoms with van der Waals surface area (Å²) < 4.78 is 15.8. The zero-order valence-electron chi connectivity index (χ0n) is 23.8. The van der Waals surface area contributed by atoms with E-state index in [-0.39, 0.29) is 30.9 Å². The lowest BCUT2D eigenvalue weighted by molar-refractivity contribution is 0.0449. The van der Waals surface area contributed by atoms with E-state index in [0.717, 1.165) is 44.3 Å². The first-order chi connectivity index (χ1) is 17.8. The topological polar surface area (TPSA) is 118 Å². The van der Waals surface area contributed by atoms with Crippen LogP contribution in [0.2, 0.25) is 0 Å². The van der Waals surface area contributed by atoms with Gasteiger partial charge in [-0.3, -0.25) is 0 Å². The monoisotopic (exact) mass is 534 g/mol. The highest BCUT2D eigenvalue weighted by Crippen LogP contribution is 2.14. The number of hydrogen-bond donors (Lipinski definition) is 3. The van der Waals surface area contributed by atoms with Gasteiger partial charge in [0.15, 0.2) is 0 Å². The minimum absolute atomic E-state index is 0.113. The van der Waals surface area contributed by atoms with Gasteiger partial charge in [0, 0.05) is 31.7 Å². The SMILES string of the molecule is CC(C)(C)OC(=O)NC1CCCN(C(=O)OCc2ccccc2)C1.CC(C)(C)OC(=O)NC1CCCNC1. The molecular formula is C28H46N4O6. The van der Waals surface area contributed by atoms with Crippen LogP contribution in [-0.4, -0.2) is 72.6 Å². The number of piperidine rings is 2. The van der Waals surface area contributed by atoms with E-state index in [1.54, 1.807) is 4.90 Å². The van der Waals surface area contributed by atoms with Gasteiger partial charge in [-0.05, 0) is 79.3 Å². The molecule has 2 fully saturated rings. The summed E-state index contributed by atoms with van der Waals surface area (Å²) in [4.78, 5) is 37.0. The summed E-state index contributed by atoms with van der Waals surface area (Å²) in [5.74, 6) is 0. The summed E-state index contributed by atoms with van der Waals surface area (Å²) in [7, 11) is 0. The van der Waals surface area contributed by atoms with E-state index in [4.69, 9.17) is 14.2 Å². The highest BCUT2D eigenvalue weighted by molar-refractivity contribution is 5.70. The van der Waals surface area contributed by atoms with Crippen LogP contribution in [0.4, 0.5) is 14.4 Å². The number of rotatable bonds is 4. The second-order valence-electron chi connectivity index (χ2n) is 11.7. The second kappa shape index (κ2) is 14.8. The number of carbonyl (C=O) groups excluding carboxylic acids is 3. The Bertz CT molecular complexity index is 876. The maximum atomic E-state index is 12.2. The van der Waals surface area contributed by atoms with Gasteiger partial charge in [-0.2, -0.15) is 0 Å². The van der Waals surface area contributed by atoms with Gasteiger partial charge in [-0.1, -0.05) is 30.3 Å². The lowest BCUT2D eigenvalue weighted by atomic mass is 10.1. The van der Waals surface area contributed by atoms with Gasteiger partial charge in [-0.15, -0.1) is 0 Å². The third kappa shape index (κ3) is 13.5. The molecule has 38 heavy (non-hydrogen) atoms. The van der Waals surface area contributed by atoms with Crippen molar-refractivity contribution in [1.29, 1.82) is 0 Å². The molecule has 0 aliphatic carbocycles. The Balaban J connectivity index is 0.000000308. The van der Waals surface area contributed by atoms with Crippen LogP contribution in [0.15, 0.2) is 30.3 Å². The fourth-order valence-corrected chi connectivity index (χ4v) is 3.99. The molecule has 2 aliphatic rings. The Morgan fingerprint density at radius 3 is 2.03 bits per heavy atom. The highest BCUT2D eigenvalue weighted by Gasteiger charge is 2.27. The molecule has 2 unspecified atom stereocenters. The number of benzene rings is 1. The van der Waals surface area contributed by atoms with Gasteiger partial charge in [0.1, 0.15) is 17.8 Å². The largest absolute Gasteiger partial charge is 0.445 e. The number of carbonyl (C=O) groups is 3. The molecule has 3 amide bonds. The van der Waals surface area contributed by atoms with Gasteiger partial charge in [0.2, 0.25) is 0 Å². The minimum Gasteiger partial charge on any atom is -0.445 e. The van der Waals surface area contributed by atoms with Crippen LogP contribution in [0.1, 0.15) is 72.8 Å². The van der Waals surface area contributed by atoms with Crippen LogP contribution in [-0.2, 0) is 20.8 Å². The number of likely N-dealkylation sites (tertiary alicyclic amines) is 1. The molecule has 3 rings (SSSR count). The summed E-state index contributed by atoms with van der Waals surface area (Å²) in [6.07, 6.45) is 2.67. The van der Waals surface area contributed by atoms with Crippen molar-refractivity contribution in [3.8, 4) is 0 Å². The van der Waals surface area contributed by atoms with Gasteiger partial charge in [0.25, 0.3) is 0 Å². The number of amides is 3. The molecule has 0 saturated carbocycles. The molecular weight excluding hydrogens is 488 g/mol. The number of nitrogens with one attached hydrogen (secondary N) is 3. The van der Waals surface area contributed by atoms with Crippen LogP contribution in [0.5, 0.6) is 0 Å². The molecule has 0 bridgehead atoms. The molecule has 1 aromatic rings. The average Bonchev–Trinajstić information content (AvgIpc) is 2.82. The van der Waals surface area contributed by atoms with Crippen LogP contribution in [0.3, 0.4) is 0 Å². The number of hydrogen-bond acceptors (Lipinski definition) is 7. The maximum Gasteiger partial charge on any atom is 0.410 e. The fourth-order valence-electron chi connectivity index (χ4n) is 3.99. The van der Waals surface area contributed by atoms with Crippen LogP contribution in [0.25, 0.3) is 0 Å². The van der Waals surface area contributed by atoms with Crippen molar-refractivity contribution in [2.75, 3.05) is 26.2 Å². The normalized spacial score (nSPS) is 19.8. The van der Waals surface area contributed by atoms with E-state index in [0.29, 0.717) is 13.1 Å². The molecule has 10 heteroatoms. The van der Waals surface area contributed by atoms with Crippen molar-refractivity contribution in [3.63, 3.8) is 0 Å². The van der Waals surface area contributed by atoms with Crippen LogP contribution < -0.4 is 16.0 Å². The summed E-state index contributed by atoms with van der Waals surface area (Å²) in [5, 5.41) is 8.91. The lowest BCUT2D eigenvalue weighted by Gasteiger charge is -2.33. The molecule has 2 atom stereocenters. The van der Waals surface area contributed by atoms with E-state index in [9.17, 15) is 14.4 Å². The summed E-state index contributed by atoms with van der Waals surface area (Å²) in [5.41, 5.74) is 0.00506. The van der Waals surface area contributed by atoms with Crippen LogP contribution in [0, 0.1) is 0 Å². The standard InChI is InChI=1S/C18H26N2O4.C10H20N2O2/c1-18(2,3)24-16(21)19-15-10-7-11-20(12-15)17(22)23-13-14-8-5-4-6-9-14;1-10(2,3)14-9(13)12-8-5-4-6-11-7-8/h4-6,8-9,15H,7,10-13H2,1-3H3,(H,19,21);8,11H,4-7H2,1-3H3,(H,12,13). The zero-order valence-corrected chi connectivity index (χ0v) is 23.8. The van der Waals surface area contributed by atoms with Crippen molar-refractivity contribution >= 4 is 18.3 Å². The Hall–Kier alpha value is -3.01. The van der Waals surface area contributed by atoms with Crippen molar-refractivity contribution in [3.05, 3.63) is 35.9 Å². The molecule has 2 saturated heterocycles. The van der Waals surface area contributed by atoms with E-state index in [2.05, 4.69) is 16.0 Å². The summed E-state index contributed by atoms with van der Waals surface area (Å²) in [6, 6.07) is 9.67. The maximum absolute atomic E-state index is 12.2. The van der Waals surface area contributed by atoms with E-state index in [1.807, 2.05) is 71.9 Å². The predicted octanol–water partition coefficient (Wildman–Crippen LogP) is 4.58. The Morgan fingerprint density at radius 1 is 0.895 bits per heavy atom. The predicted molar refractivity (Wildman–Crippen MR) is 146 cm³/mol. The molecule has 214 valence electrons. The number of ether oxygens (including phenoxy) is 3. The van der Waals surface area contributed by atoms with Gasteiger partial charge in [0.05, 0.1) is 0 Å². The average molecular weight is 535 g/mol. The summed E-state index contributed by atoms with van der Waals surface area (Å²) in [6.45, 7) is 14.3. The van der Waals surface area contributed by atoms with E-state index >= 15 is 0 Å². The van der Waals surface area contributed by atoms with Crippen molar-refractivity contribution in [1.82, 2.24) is 20.9 Å². The Labute approximate surface area is 227 Å². The second-order valence-corrected chi connectivity index (χ2v) is 11.7. The minimum atomic E-state index is -0.535.